The standard InChI is InChI=1S/C27H34N4O/c1-5-26(32)24(25-17-30-11-10-18(2)12-27(30)28-25)14-20-6-7-21(13-19(20)3)31-15-22-8-9-23(16-31)29(22)4/h6-7,10-11,13-14,17-18,22-23H,5,8-9,12,15-16H2,1-4H3/b24-14-/t18?,22-,23+. The van der Waals surface area contributed by atoms with Gasteiger partial charge in [-0.2, -0.15) is 0 Å². The second kappa shape index (κ2) is 8.36. The molecule has 3 atom stereocenters. The summed E-state index contributed by atoms with van der Waals surface area (Å²) in [4.78, 5) is 22.8. The van der Waals surface area contributed by atoms with Gasteiger partial charge in [0.2, 0.25) is 0 Å². The molecule has 4 heterocycles. The van der Waals surface area contributed by atoms with Crippen LogP contribution in [0.1, 0.15) is 55.8 Å². The number of rotatable bonds is 5. The number of nitrogens with zero attached hydrogens (tertiary/aromatic N) is 4. The molecule has 0 radical (unpaired) electrons. The number of carbonyl (C=O) groups is 1. The number of allylic oxidation sites excluding steroid dienone is 2. The number of carbonyl (C=O) groups excluding carboxylic acids is 1. The molecule has 3 aliphatic heterocycles. The number of imidazole rings is 1. The van der Waals surface area contributed by atoms with Gasteiger partial charge in [0, 0.05) is 61.7 Å². The van der Waals surface area contributed by atoms with E-state index in [0.29, 0.717) is 30.0 Å². The van der Waals surface area contributed by atoms with Crippen LogP contribution < -0.4 is 4.90 Å². The molecular weight excluding hydrogens is 396 g/mol. The molecule has 5 heteroatoms. The number of ketones is 1. The molecule has 3 aliphatic rings. The Kier molecular flexibility index (Phi) is 5.54. The van der Waals surface area contributed by atoms with E-state index in [1.807, 2.05) is 19.2 Å². The maximum atomic E-state index is 12.9. The Morgan fingerprint density at radius 1 is 1.22 bits per heavy atom. The third kappa shape index (κ3) is 3.83. The zero-order valence-electron chi connectivity index (χ0n) is 19.7. The van der Waals surface area contributed by atoms with Crippen molar-refractivity contribution in [1.82, 2.24) is 14.5 Å². The van der Waals surface area contributed by atoms with Crippen LogP contribution in [-0.2, 0) is 11.2 Å². The molecule has 168 valence electrons. The van der Waals surface area contributed by atoms with Gasteiger partial charge in [0.05, 0.1) is 5.69 Å². The summed E-state index contributed by atoms with van der Waals surface area (Å²) in [7, 11) is 2.27. The predicted octanol–water partition coefficient (Wildman–Crippen LogP) is 4.66. The number of aromatic nitrogens is 2. The molecular formula is C27H34N4O. The van der Waals surface area contributed by atoms with Gasteiger partial charge in [0.15, 0.2) is 5.78 Å². The van der Waals surface area contributed by atoms with Crippen molar-refractivity contribution in [3.8, 4) is 0 Å². The quantitative estimate of drug-likeness (QED) is 0.647. The van der Waals surface area contributed by atoms with E-state index in [4.69, 9.17) is 4.98 Å². The van der Waals surface area contributed by atoms with E-state index in [1.165, 1.54) is 24.1 Å². The first kappa shape index (κ1) is 21.2. The molecule has 2 fully saturated rings. The van der Waals surface area contributed by atoms with Gasteiger partial charge < -0.3 is 9.47 Å². The first-order chi connectivity index (χ1) is 15.4. The molecule has 1 aromatic heterocycles. The summed E-state index contributed by atoms with van der Waals surface area (Å²) in [6.45, 7) is 8.47. The molecule has 32 heavy (non-hydrogen) atoms. The number of hydrogen-bond acceptors (Lipinski definition) is 4. The molecule has 0 spiro atoms. The topological polar surface area (TPSA) is 41.4 Å². The predicted molar refractivity (Wildman–Crippen MR) is 132 cm³/mol. The highest BCUT2D eigenvalue weighted by molar-refractivity contribution is 6.24. The second-order valence-electron chi connectivity index (χ2n) is 9.80. The average molecular weight is 431 g/mol. The fourth-order valence-corrected chi connectivity index (χ4v) is 5.42. The number of likely N-dealkylation sites (N-methyl/N-ethyl adjacent to an activating group) is 1. The highest BCUT2D eigenvalue weighted by atomic mass is 16.1. The number of Topliss-reactive ketones (excluding diaryl/α,β-unsaturated/α-hetero) is 1. The van der Waals surface area contributed by atoms with Crippen molar-refractivity contribution in [2.75, 3.05) is 25.0 Å². The highest BCUT2D eigenvalue weighted by Gasteiger charge is 2.37. The van der Waals surface area contributed by atoms with Crippen molar-refractivity contribution in [2.45, 2.75) is 58.5 Å². The van der Waals surface area contributed by atoms with Crippen LogP contribution in [0.4, 0.5) is 5.69 Å². The van der Waals surface area contributed by atoms with Crippen molar-refractivity contribution >= 4 is 29.3 Å². The number of benzene rings is 1. The first-order valence-electron chi connectivity index (χ1n) is 12.0. The lowest BCUT2D eigenvalue weighted by Gasteiger charge is -2.40. The Morgan fingerprint density at radius 2 is 1.97 bits per heavy atom. The van der Waals surface area contributed by atoms with Crippen LogP contribution in [0.3, 0.4) is 0 Å². The van der Waals surface area contributed by atoms with E-state index < -0.39 is 0 Å². The van der Waals surface area contributed by atoms with Crippen LogP contribution in [-0.4, -0.2) is 52.5 Å². The number of anilines is 1. The Bertz CT molecular complexity index is 1080. The largest absolute Gasteiger partial charge is 0.368 e. The van der Waals surface area contributed by atoms with Crippen LogP contribution in [0, 0.1) is 12.8 Å². The lowest BCUT2D eigenvalue weighted by atomic mass is 9.99. The molecule has 2 aromatic rings. The van der Waals surface area contributed by atoms with Gasteiger partial charge in [0.1, 0.15) is 5.82 Å². The molecule has 0 amide bonds. The van der Waals surface area contributed by atoms with Gasteiger partial charge in [-0.05, 0) is 62.1 Å². The smallest absolute Gasteiger partial charge is 0.164 e. The van der Waals surface area contributed by atoms with Gasteiger partial charge in [-0.25, -0.2) is 4.98 Å². The minimum Gasteiger partial charge on any atom is -0.368 e. The molecule has 2 saturated heterocycles. The lowest BCUT2D eigenvalue weighted by molar-refractivity contribution is -0.113. The molecule has 0 N–H and O–H groups in total. The molecule has 2 bridgehead atoms. The van der Waals surface area contributed by atoms with E-state index in [-0.39, 0.29) is 5.78 Å². The Balaban J connectivity index is 1.44. The van der Waals surface area contributed by atoms with Crippen LogP contribution >= 0.6 is 0 Å². The summed E-state index contributed by atoms with van der Waals surface area (Å²) >= 11 is 0. The van der Waals surface area contributed by atoms with Gasteiger partial charge in [0.25, 0.3) is 0 Å². The Labute approximate surface area is 191 Å². The van der Waals surface area contributed by atoms with Crippen molar-refractivity contribution in [2.24, 2.45) is 5.92 Å². The van der Waals surface area contributed by atoms with Crippen LogP contribution in [0.2, 0.25) is 0 Å². The van der Waals surface area contributed by atoms with Gasteiger partial charge in [-0.3, -0.25) is 9.69 Å². The molecule has 5 nitrogen and oxygen atoms in total. The highest BCUT2D eigenvalue weighted by Crippen LogP contribution is 2.33. The summed E-state index contributed by atoms with van der Waals surface area (Å²) in [5.74, 6) is 1.64. The van der Waals surface area contributed by atoms with E-state index in [0.717, 1.165) is 36.6 Å². The molecule has 1 aromatic carbocycles. The fraction of sp³-hybridized carbons (Fsp3) is 0.481. The number of aryl methyl sites for hydroxylation is 1. The zero-order valence-corrected chi connectivity index (χ0v) is 19.7. The summed E-state index contributed by atoms with van der Waals surface area (Å²) in [5, 5.41) is 0. The number of piperazine rings is 1. The average Bonchev–Trinajstić information content (AvgIpc) is 3.26. The third-order valence-corrected chi connectivity index (χ3v) is 7.55. The zero-order chi connectivity index (χ0) is 22.4. The SMILES string of the molecule is CCC(=O)/C(=C\c1ccc(N2C[C@H]3CC[C@@H](C2)N3C)cc1C)c1cn2c(n1)CC(C)C=C2. The van der Waals surface area contributed by atoms with E-state index in [9.17, 15) is 4.79 Å². The number of fused-ring (bicyclic) bond motifs is 3. The van der Waals surface area contributed by atoms with E-state index >= 15 is 0 Å². The second-order valence-corrected chi connectivity index (χ2v) is 9.80. The molecule has 5 rings (SSSR count). The Hall–Kier alpha value is -2.66. The maximum Gasteiger partial charge on any atom is 0.164 e. The van der Waals surface area contributed by atoms with Gasteiger partial charge in [-0.1, -0.05) is 26.0 Å². The maximum absolute atomic E-state index is 12.9. The Morgan fingerprint density at radius 3 is 2.66 bits per heavy atom. The van der Waals surface area contributed by atoms with E-state index in [1.54, 1.807) is 0 Å². The van der Waals surface area contributed by atoms with Crippen molar-refractivity contribution in [1.29, 1.82) is 0 Å². The normalized spacial score (nSPS) is 25.3. The lowest BCUT2D eigenvalue weighted by Crippen LogP contribution is -2.52. The monoisotopic (exact) mass is 430 g/mol. The van der Waals surface area contributed by atoms with E-state index in [2.05, 4.69) is 65.7 Å². The molecule has 0 aliphatic carbocycles. The van der Waals surface area contributed by atoms with Gasteiger partial charge >= 0.3 is 0 Å². The third-order valence-electron chi connectivity index (χ3n) is 7.55. The summed E-state index contributed by atoms with van der Waals surface area (Å²) in [6, 6.07) is 8.02. The summed E-state index contributed by atoms with van der Waals surface area (Å²) in [6.07, 6.45) is 12.3. The van der Waals surface area contributed by atoms with Crippen molar-refractivity contribution < 1.29 is 4.79 Å². The first-order valence-corrected chi connectivity index (χ1v) is 12.0. The van der Waals surface area contributed by atoms with Crippen LogP contribution in [0.15, 0.2) is 30.5 Å². The van der Waals surface area contributed by atoms with Crippen LogP contribution in [0.25, 0.3) is 17.8 Å². The fourth-order valence-electron chi connectivity index (χ4n) is 5.42. The molecule has 1 unspecified atom stereocenters. The minimum atomic E-state index is 0.136. The number of hydrogen-bond donors (Lipinski definition) is 0. The summed E-state index contributed by atoms with van der Waals surface area (Å²) < 4.78 is 2.06. The van der Waals surface area contributed by atoms with Gasteiger partial charge in [-0.15, -0.1) is 0 Å². The molecule has 0 saturated carbocycles. The van der Waals surface area contributed by atoms with Crippen molar-refractivity contribution in [3.05, 3.63) is 53.1 Å². The summed E-state index contributed by atoms with van der Waals surface area (Å²) in [5.41, 5.74) is 5.09. The van der Waals surface area contributed by atoms with Crippen LogP contribution in [0.5, 0.6) is 0 Å². The minimum absolute atomic E-state index is 0.136. The van der Waals surface area contributed by atoms with Crippen molar-refractivity contribution in [3.63, 3.8) is 0 Å².